The highest BCUT2D eigenvalue weighted by molar-refractivity contribution is 9.10. The van der Waals surface area contributed by atoms with Gasteiger partial charge in [-0.15, -0.1) is 0 Å². The SMILES string of the molecule is Cc1nc2ccccc2n1-c1ncccc1Br. The molecule has 1 aromatic carbocycles. The minimum absolute atomic E-state index is 0.874. The minimum Gasteiger partial charge on any atom is -0.280 e. The van der Waals surface area contributed by atoms with Gasteiger partial charge in [-0.3, -0.25) is 4.57 Å². The second-order valence-electron chi connectivity index (χ2n) is 3.79. The Kier molecular flexibility index (Phi) is 2.44. The van der Waals surface area contributed by atoms with Crippen molar-refractivity contribution in [3.63, 3.8) is 0 Å². The summed E-state index contributed by atoms with van der Waals surface area (Å²) in [5, 5.41) is 0. The first kappa shape index (κ1) is 10.5. The molecule has 2 aromatic heterocycles. The summed E-state index contributed by atoms with van der Waals surface area (Å²) in [7, 11) is 0. The van der Waals surface area contributed by atoms with E-state index in [0.29, 0.717) is 0 Å². The zero-order valence-corrected chi connectivity index (χ0v) is 10.8. The molecule has 3 nitrogen and oxygen atoms in total. The van der Waals surface area contributed by atoms with Crippen LogP contribution < -0.4 is 0 Å². The zero-order valence-electron chi connectivity index (χ0n) is 9.26. The monoisotopic (exact) mass is 287 g/mol. The van der Waals surface area contributed by atoms with Crippen LogP contribution in [0.2, 0.25) is 0 Å². The summed E-state index contributed by atoms with van der Waals surface area (Å²) in [4.78, 5) is 8.94. The van der Waals surface area contributed by atoms with Crippen LogP contribution in [0.3, 0.4) is 0 Å². The van der Waals surface area contributed by atoms with Gasteiger partial charge in [0.05, 0.1) is 15.5 Å². The molecule has 4 heteroatoms. The van der Waals surface area contributed by atoms with Crippen molar-refractivity contribution in [2.24, 2.45) is 0 Å². The van der Waals surface area contributed by atoms with Crippen molar-refractivity contribution in [2.75, 3.05) is 0 Å². The third-order valence-electron chi connectivity index (χ3n) is 2.68. The predicted molar refractivity (Wildman–Crippen MR) is 71.3 cm³/mol. The Morgan fingerprint density at radius 2 is 1.94 bits per heavy atom. The van der Waals surface area contributed by atoms with Gasteiger partial charge in [-0.05, 0) is 47.1 Å². The smallest absolute Gasteiger partial charge is 0.152 e. The molecule has 0 saturated heterocycles. The van der Waals surface area contributed by atoms with Crippen molar-refractivity contribution in [1.82, 2.24) is 14.5 Å². The van der Waals surface area contributed by atoms with Crippen molar-refractivity contribution < 1.29 is 0 Å². The first-order valence-corrected chi connectivity index (χ1v) is 6.11. The second-order valence-corrected chi connectivity index (χ2v) is 4.65. The normalized spacial score (nSPS) is 10.9. The number of fused-ring (bicyclic) bond motifs is 1. The summed E-state index contributed by atoms with van der Waals surface area (Å²) >= 11 is 3.53. The molecule has 0 radical (unpaired) electrons. The molecule has 0 N–H and O–H groups in total. The minimum atomic E-state index is 0.874. The summed E-state index contributed by atoms with van der Waals surface area (Å²) in [6.07, 6.45) is 1.79. The molecule has 17 heavy (non-hydrogen) atoms. The van der Waals surface area contributed by atoms with Crippen LogP contribution in [0, 0.1) is 6.92 Å². The molecule has 0 aliphatic rings. The van der Waals surface area contributed by atoms with Gasteiger partial charge in [-0.2, -0.15) is 0 Å². The lowest BCUT2D eigenvalue weighted by molar-refractivity contribution is 0.950. The van der Waals surface area contributed by atoms with Gasteiger partial charge < -0.3 is 0 Å². The predicted octanol–water partition coefficient (Wildman–Crippen LogP) is 3.49. The van der Waals surface area contributed by atoms with Crippen LogP contribution in [0.25, 0.3) is 16.9 Å². The highest BCUT2D eigenvalue weighted by atomic mass is 79.9. The van der Waals surface area contributed by atoms with E-state index in [9.17, 15) is 0 Å². The van der Waals surface area contributed by atoms with Crippen molar-refractivity contribution >= 4 is 27.0 Å². The van der Waals surface area contributed by atoms with E-state index in [1.807, 2.05) is 37.3 Å². The summed E-state index contributed by atoms with van der Waals surface area (Å²) in [6.45, 7) is 1.99. The zero-order chi connectivity index (χ0) is 11.8. The fourth-order valence-electron chi connectivity index (χ4n) is 1.96. The maximum Gasteiger partial charge on any atom is 0.152 e. The number of benzene rings is 1. The third kappa shape index (κ3) is 1.65. The van der Waals surface area contributed by atoms with Gasteiger partial charge in [0.1, 0.15) is 5.82 Å². The van der Waals surface area contributed by atoms with Gasteiger partial charge in [0, 0.05) is 6.20 Å². The summed E-state index contributed by atoms with van der Waals surface area (Å²) in [5.74, 6) is 1.81. The number of imidazole rings is 1. The Labute approximate surface area is 107 Å². The van der Waals surface area contributed by atoms with Crippen molar-refractivity contribution in [1.29, 1.82) is 0 Å². The second kappa shape index (κ2) is 3.96. The lowest BCUT2D eigenvalue weighted by Crippen LogP contribution is -2.00. The van der Waals surface area contributed by atoms with Crippen LogP contribution in [0.4, 0.5) is 0 Å². The molecule has 2 heterocycles. The number of aromatic nitrogens is 3. The number of halogens is 1. The summed E-state index contributed by atoms with van der Waals surface area (Å²) in [5.41, 5.74) is 2.06. The molecule has 84 valence electrons. The first-order chi connectivity index (χ1) is 8.27. The van der Waals surface area contributed by atoms with E-state index in [0.717, 1.165) is 27.1 Å². The van der Waals surface area contributed by atoms with Gasteiger partial charge in [0.25, 0.3) is 0 Å². The number of pyridine rings is 1. The van der Waals surface area contributed by atoms with E-state index >= 15 is 0 Å². The van der Waals surface area contributed by atoms with Crippen LogP contribution in [-0.4, -0.2) is 14.5 Å². The number of hydrogen-bond acceptors (Lipinski definition) is 2. The average Bonchev–Trinajstić information content (AvgIpc) is 2.66. The molecule has 0 spiro atoms. The number of aryl methyl sites for hydroxylation is 1. The van der Waals surface area contributed by atoms with E-state index in [1.165, 1.54) is 0 Å². The molecule has 3 rings (SSSR count). The van der Waals surface area contributed by atoms with E-state index in [2.05, 4.69) is 36.5 Å². The van der Waals surface area contributed by atoms with Gasteiger partial charge in [-0.1, -0.05) is 12.1 Å². The molecule has 0 saturated carbocycles. The molecule has 0 unspecified atom stereocenters. The topological polar surface area (TPSA) is 30.7 Å². The van der Waals surface area contributed by atoms with Crippen LogP contribution in [-0.2, 0) is 0 Å². The van der Waals surface area contributed by atoms with Crippen LogP contribution in [0.1, 0.15) is 5.82 Å². The Balaban J connectivity index is 2.38. The maximum absolute atomic E-state index is 4.53. The first-order valence-electron chi connectivity index (χ1n) is 5.32. The Morgan fingerprint density at radius 3 is 2.76 bits per heavy atom. The fourth-order valence-corrected chi connectivity index (χ4v) is 2.39. The Bertz CT molecular complexity index is 688. The maximum atomic E-state index is 4.53. The molecule has 0 aliphatic heterocycles. The summed E-state index contributed by atoms with van der Waals surface area (Å²) < 4.78 is 3.02. The highest BCUT2D eigenvalue weighted by Gasteiger charge is 2.11. The van der Waals surface area contributed by atoms with E-state index < -0.39 is 0 Å². The van der Waals surface area contributed by atoms with Gasteiger partial charge in [0.2, 0.25) is 0 Å². The van der Waals surface area contributed by atoms with Gasteiger partial charge in [0.15, 0.2) is 5.82 Å². The number of para-hydroxylation sites is 2. The standard InChI is InChI=1S/C13H10BrN3/c1-9-16-11-6-2-3-7-12(11)17(9)13-10(14)5-4-8-15-13/h2-8H,1H3. The molecule has 0 atom stereocenters. The van der Waals surface area contributed by atoms with E-state index in [4.69, 9.17) is 0 Å². The lowest BCUT2D eigenvalue weighted by Gasteiger charge is -2.07. The highest BCUT2D eigenvalue weighted by Crippen LogP contribution is 2.24. The molecular weight excluding hydrogens is 278 g/mol. The van der Waals surface area contributed by atoms with E-state index in [1.54, 1.807) is 6.20 Å². The van der Waals surface area contributed by atoms with Crippen molar-refractivity contribution in [3.8, 4) is 5.82 Å². The molecular formula is C13H10BrN3. The number of hydrogen-bond donors (Lipinski definition) is 0. The Hall–Kier alpha value is -1.68. The number of nitrogens with zero attached hydrogens (tertiary/aromatic N) is 3. The van der Waals surface area contributed by atoms with Gasteiger partial charge in [-0.25, -0.2) is 9.97 Å². The van der Waals surface area contributed by atoms with Crippen molar-refractivity contribution in [2.45, 2.75) is 6.92 Å². The number of rotatable bonds is 1. The molecule has 0 aliphatic carbocycles. The summed E-state index contributed by atoms with van der Waals surface area (Å²) in [6, 6.07) is 12.0. The average molecular weight is 288 g/mol. The molecule has 0 amide bonds. The van der Waals surface area contributed by atoms with Crippen molar-refractivity contribution in [3.05, 3.63) is 52.9 Å². The van der Waals surface area contributed by atoms with E-state index in [-0.39, 0.29) is 0 Å². The largest absolute Gasteiger partial charge is 0.280 e. The molecule has 0 bridgehead atoms. The molecule has 3 aromatic rings. The Morgan fingerprint density at radius 1 is 1.12 bits per heavy atom. The van der Waals surface area contributed by atoms with Gasteiger partial charge >= 0.3 is 0 Å². The molecule has 0 fully saturated rings. The lowest BCUT2D eigenvalue weighted by atomic mass is 10.3. The fraction of sp³-hybridized carbons (Fsp3) is 0.0769. The quantitative estimate of drug-likeness (QED) is 0.686. The van der Waals surface area contributed by atoms with Crippen LogP contribution in [0.5, 0.6) is 0 Å². The van der Waals surface area contributed by atoms with Crippen LogP contribution in [0.15, 0.2) is 47.1 Å². The van der Waals surface area contributed by atoms with Crippen LogP contribution >= 0.6 is 15.9 Å². The third-order valence-corrected chi connectivity index (χ3v) is 3.30.